The molecule has 7 nitrogen and oxygen atoms in total. The van der Waals surface area contributed by atoms with Crippen LogP contribution in [0.3, 0.4) is 0 Å². The van der Waals surface area contributed by atoms with E-state index in [1.807, 2.05) is 31.5 Å². The Morgan fingerprint density at radius 3 is 2.56 bits per heavy atom. The monoisotopic (exact) mass is 429 g/mol. The number of imidazole rings is 1. The van der Waals surface area contributed by atoms with Gasteiger partial charge in [0.2, 0.25) is 0 Å². The van der Waals surface area contributed by atoms with Crippen LogP contribution in [0.15, 0.2) is 59.7 Å². The number of pyridine rings is 2. The van der Waals surface area contributed by atoms with E-state index in [9.17, 15) is 4.79 Å². The van der Waals surface area contributed by atoms with Crippen molar-refractivity contribution in [1.29, 1.82) is 0 Å². The van der Waals surface area contributed by atoms with Gasteiger partial charge in [0.1, 0.15) is 17.2 Å². The first kappa shape index (κ1) is 20.5. The molecule has 1 atom stereocenters. The molecule has 1 saturated heterocycles. The predicted molar refractivity (Wildman–Crippen MR) is 126 cm³/mol. The maximum Gasteiger partial charge on any atom is 0.253 e. The van der Waals surface area contributed by atoms with E-state index in [1.54, 1.807) is 11.6 Å². The Bertz CT molecular complexity index is 1290. The molecule has 4 aromatic rings. The van der Waals surface area contributed by atoms with E-state index in [-0.39, 0.29) is 11.6 Å². The molecule has 5 rings (SSSR count). The molecule has 1 fully saturated rings. The molecule has 0 bridgehead atoms. The van der Waals surface area contributed by atoms with Crippen molar-refractivity contribution in [1.82, 2.24) is 19.1 Å². The summed E-state index contributed by atoms with van der Waals surface area (Å²) in [4.78, 5) is 24.2. The van der Waals surface area contributed by atoms with Gasteiger partial charge in [-0.1, -0.05) is 30.3 Å². The number of fused-ring (bicyclic) bond motifs is 1. The van der Waals surface area contributed by atoms with Crippen LogP contribution in [-0.2, 0) is 11.8 Å². The highest BCUT2D eigenvalue weighted by molar-refractivity contribution is 5.82. The van der Waals surface area contributed by atoms with E-state index in [4.69, 9.17) is 14.7 Å². The summed E-state index contributed by atoms with van der Waals surface area (Å²) in [5.74, 6) is 1.77. The number of morpholine rings is 1. The molecular formula is C25H27N5O2. The van der Waals surface area contributed by atoms with Gasteiger partial charge in [-0.15, -0.1) is 0 Å². The number of hydrogen-bond donors (Lipinski definition) is 0. The fourth-order valence-electron chi connectivity index (χ4n) is 4.43. The lowest BCUT2D eigenvalue weighted by molar-refractivity contribution is 0.122. The molecular weight excluding hydrogens is 402 g/mol. The lowest BCUT2D eigenvalue weighted by Crippen LogP contribution is -2.36. The molecule has 1 aliphatic heterocycles. The van der Waals surface area contributed by atoms with Gasteiger partial charge in [-0.2, -0.15) is 0 Å². The summed E-state index contributed by atoms with van der Waals surface area (Å²) in [6, 6.07) is 14.5. The Kier molecular flexibility index (Phi) is 5.27. The van der Waals surface area contributed by atoms with E-state index >= 15 is 0 Å². The zero-order valence-electron chi connectivity index (χ0n) is 18.7. The van der Waals surface area contributed by atoms with Crippen LogP contribution in [0.25, 0.3) is 22.4 Å². The van der Waals surface area contributed by atoms with Gasteiger partial charge in [-0.05, 0) is 25.5 Å². The van der Waals surface area contributed by atoms with Gasteiger partial charge in [-0.3, -0.25) is 4.79 Å². The number of hydrogen-bond acceptors (Lipinski definition) is 5. The summed E-state index contributed by atoms with van der Waals surface area (Å²) in [5.41, 5.74) is 4.67. The minimum atomic E-state index is 0.00351. The highest BCUT2D eigenvalue weighted by atomic mass is 16.5. The highest BCUT2D eigenvalue weighted by Gasteiger charge is 2.22. The zero-order chi connectivity index (χ0) is 22.2. The van der Waals surface area contributed by atoms with Crippen LogP contribution >= 0.6 is 0 Å². The molecule has 0 radical (unpaired) electrons. The smallest absolute Gasteiger partial charge is 0.253 e. The van der Waals surface area contributed by atoms with Crippen molar-refractivity contribution in [3.05, 3.63) is 76.3 Å². The number of ether oxygens (including phenoxy) is 1. The Morgan fingerprint density at radius 1 is 1.09 bits per heavy atom. The van der Waals surface area contributed by atoms with E-state index < -0.39 is 0 Å². The fraction of sp³-hybridized carbons (Fsp3) is 0.320. The van der Waals surface area contributed by atoms with Crippen LogP contribution in [0.2, 0.25) is 0 Å². The van der Waals surface area contributed by atoms with Crippen LogP contribution in [0.1, 0.15) is 24.1 Å². The number of aromatic nitrogens is 4. The van der Waals surface area contributed by atoms with Gasteiger partial charge in [0.05, 0.1) is 31.0 Å². The van der Waals surface area contributed by atoms with Gasteiger partial charge in [0, 0.05) is 43.5 Å². The zero-order valence-corrected chi connectivity index (χ0v) is 18.7. The summed E-state index contributed by atoms with van der Waals surface area (Å²) in [5, 5.41) is 0. The molecule has 0 aliphatic carbocycles. The second-order valence-corrected chi connectivity index (χ2v) is 8.35. The minimum absolute atomic E-state index is 0.00351. The first-order valence-corrected chi connectivity index (χ1v) is 11.0. The molecule has 164 valence electrons. The highest BCUT2D eigenvalue weighted by Crippen LogP contribution is 2.32. The first-order valence-electron chi connectivity index (χ1n) is 11.0. The number of benzene rings is 1. The second kappa shape index (κ2) is 8.24. The van der Waals surface area contributed by atoms with Crippen LogP contribution < -0.4 is 10.5 Å². The van der Waals surface area contributed by atoms with Crippen LogP contribution in [0.4, 0.5) is 5.82 Å². The van der Waals surface area contributed by atoms with Gasteiger partial charge in [-0.25, -0.2) is 9.97 Å². The molecule has 0 N–H and O–H groups in total. The number of rotatable bonds is 4. The van der Waals surface area contributed by atoms with Crippen LogP contribution in [0.5, 0.6) is 0 Å². The van der Waals surface area contributed by atoms with Crippen molar-refractivity contribution >= 4 is 16.9 Å². The molecule has 1 aliphatic rings. The summed E-state index contributed by atoms with van der Waals surface area (Å²) >= 11 is 0. The van der Waals surface area contributed by atoms with E-state index in [0.717, 1.165) is 41.3 Å². The Hall–Kier alpha value is -3.45. The molecule has 7 heteroatoms. The molecule has 0 saturated carbocycles. The quantitative estimate of drug-likeness (QED) is 0.496. The average molecular weight is 430 g/mol. The Labute approximate surface area is 186 Å². The topological polar surface area (TPSA) is 65.2 Å². The minimum Gasteiger partial charge on any atom is -0.378 e. The van der Waals surface area contributed by atoms with Crippen molar-refractivity contribution in [2.45, 2.75) is 19.9 Å². The Morgan fingerprint density at radius 2 is 1.84 bits per heavy atom. The second-order valence-electron chi connectivity index (χ2n) is 8.35. The van der Waals surface area contributed by atoms with E-state index in [0.29, 0.717) is 18.8 Å². The standard InChI is InChI=1S/C25H27N5O2/c1-17-13-20(16-28(3)25(17)31)24-27-21-15-26-23(29-9-11-32-12-10-29)14-22(21)30(24)18(2)19-7-5-4-6-8-19/h4-8,13-16,18H,9-12H2,1-3H3/t18-/m0/s1. The molecule has 32 heavy (non-hydrogen) atoms. The van der Waals surface area contributed by atoms with E-state index in [2.05, 4.69) is 46.7 Å². The SMILES string of the molecule is Cc1cc(-c2nc3cnc(N4CCOCC4)cc3n2[C@@H](C)c2ccccc2)cn(C)c1=O. The van der Waals surface area contributed by atoms with Gasteiger partial charge >= 0.3 is 0 Å². The third-order valence-electron chi connectivity index (χ3n) is 6.19. The molecule has 3 aromatic heterocycles. The molecule has 1 aromatic carbocycles. The normalized spacial score (nSPS) is 15.3. The molecule has 0 amide bonds. The largest absolute Gasteiger partial charge is 0.378 e. The molecule has 4 heterocycles. The Balaban J connectivity index is 1.73. The van der Waals surface area contributed by atoms with Gasteiger partial charge in [0.15, 0.2) is 0 Å². The van der Waals surface area contributed by atoms with Crippen LogP contribution in [0, 0.1) is 6.92 Å². The number of nitrogens with zero attached hydrogens (tertiary/aromatic N) is 5. The maximum absolute atomic E-state index is 12.3. The molecule has 0 unspecified atom stereocenters. The van der Waals surface area contributed by atoms with Crippen molar-refractivity contribution in [3.63, 3.8) is 0 Å². The number of aryl methyl sites for hydroxylation is 2. The summed E-state index contributed by atoms with van der Waals surface area (Å²) in [7, 11) is 1.78. The summed E-state index contributed by atoms with van der Waals surface area (Å²) < 4.78 is 9.39. The first-order chi connectivity index (χ1) is 15.5. The average Bonchev–Trinajstić information content (AvgIpc) is 3.21. The third kappa shape index (κ3) is 3.58. The maximum atomic E-state index is 12.3. The van der Waals surface area contributed by atoms with Crippen molar-refractivity contribution in [3.8, 4) is 11.4 Å². The number of anilines is 1. The third-order valence-corrected chi connectivity index (χ3v) is 6.19. The van der Waals surface area contributed by atoms with Crippen molar-refractivity contribution in [2.24, 2.45) is 7.05 Å². The van der Waals surface area contributed by atoms with E-state index in [1.165, 1.54) is 5.56 Å². The predicted octanol–water partition coefficient (Wildman–Crippen LogP) is 3.55. The summed E-state index contributed by atoms with van der Waals surface area (Å²) in [6.07, 6.45) is 3.72. The van der Waals surface area contributed by atoms with Gasteiger partial charge < -0.3 is 18.8 Å². The fourth-order valence-corrected chi connectivity index (χ4v) is 4.43. The lowest BCUT2D eigenvalue weighted by Gasteiger charge is -2.28. The van der Waals surface area contributed by atoms with Crippen molar-refractivity contribution < 1.29 is 4.74 Å². The molecule has 0 spiro atoms. The van der Waals surface area contributed by atoms with Gasteiger partial charge in [0.25, 0.3) is 5.56 Å². The van der Waals surface area contributed by atoms with Crippen LogP contribution in [-0.4, -0.2) is 45.4 Å². The summed E-state index contributed by atoms with van der Waals surface area (Å²) in [6.45, 7) is 7.10. The lowest BCUT2D eigenvalue weighted by atomic mass is 10.1. The van der Waals surface area contributed by atoms with Crippen molar-refractivity contribution in [2.75, 3.05) is 31.2 Å².